The second-order valence-corrected chi connectivity index (χ2v) is 6.75. The summed E-state index contributed by atoms with van der Waals surface area (Å²) >= 11 is 0. The monoisotopic (exact) mass is 409 g/mol. The van der Waals surface area contributed by atoms with E-state index in [1.54, 1.807) is 18.2 Å². The molecule has 1 N–H and O–H groups in total. The number of hydrogen-bond donors (Lipinski definition) is 1. The number of rotatable bonds is 5. The van der Waals surface area contributed by atoms with Crippen molar-refractivity contribution in [2.45, 2.75) is 0 Å². The number of anilines is 1. The number of amides is 1. The lowest BCUT2D eigenvalue weighted by molar-refractivity contribution is -0.384. The Kier molecular flexibility index (Phi) is 4.57. The number of methoxy groups -OCH3 is 3. The van der Waals surface area contributed by atoms with Crippen LogP contribution in [0.1, 0.15) is 16.1 Å². The fraction of sp³-hybridized carbons (Fsp3) is 0.190. The second-order valence-electron chi connectivity index (χ2n) is 6.75. The van der Waals surface area contributed by atoms with E-state index in [2.05, 4.69) is 11.6 Å². The fourth-order valence-electron chi connectivity index (χ4n) is 3.70. The maximum Gasteiger partial charge on any atom is 0.275 e. The first-order chi connectivity index (χ1) is 14.4. The van der Waals surface area contributed by atoms with Crippen LogP contribution in [-0.4, -0.2) is 43.7 Å². The number of aromatic nitrogens is 1. The maximum absolute atomic E-state index is 13.3. The largest absolute Gasteiger partial charge is 0.493 e. The van der Waals surface area contributed by atoms with E-state index in [1.807, 2.05) is 0 Å². The van der Waals surface area contributed by atoms with Crippen molar-refractivity contribution in [2.24, 2.45) is 0 Å². The van der Waals surface area contributed by atoms with Crippen LogP contribution in [0.4, 0.5) is 11.4 Å². The topological polar surface area (TPSA) is 107 Å². The summed E-state index contributed by atoms with van der Waals surface area (Å²) in [5.41, 5.74) is 2.67. The Labute approximate surface area is 171 Å². The summed E-state index contributed by atoms with van der Waals surface area (Å²) in [6.07, 6.45) is 0. The molecule has 0 saturated heterocycles. The number of H-pyrrole nitrogens is 1. The zero-order chi connectivity index (χ0) is 21.6. The van der Waals surface area contributed by atoms with Crippen molar-refractivity contribution in [1.82, 2.24) is 4.98 Å². The zero-order valence-electron chi connectivity index (χ0n) is 16.6. The highest BCUT2D eigenvalue weighted by atomic mass is 16.6. The van der Waals surface area contributed by atoms with Gasteiger partial charge in [-0.15, -0.1) is 0 Å². The molecular weight excluding hydrogens is 390 g/mol. The number of hydrogen-bond acceptors (Lipinski definition) is 6. The molecule has 1 aromatic heterocycles. The number of nitrogens with zero attached hydrogens (tertiary/aromatic N) is 2. The lowest BCUT2D eigenvalue weighted by Crippen LogP contribution is -2.28. The average molecular weight is 409 g/mol. The number of non-ortho nitro benzene ring substituents is 1. The Balaban J connectivity index is 1.81. The van der Waals surface area contributed by atoms with Crippen LogP contribution in [0.15, 0.2) is 36.9 Å². The molecule has 0 saturated carbocycles. The molecule has 0 atom stereocenters. The average Bonchev–Trinajstić information content (AvgIpc) is 3.32. The standard InChI is InChI=1S/C21H19N3O6/c1-11-10-23(16-9-13(24(26)27)5-6-14(11)16)21(25)15-7-12-8-17(28-2)19(29-3)20(30-4)18(12)22-15/h5-9,22H,1,10H2,2-4H3. The van der Waals surface area contributed by atoms with E-state index in [0.29, 0.717) is 50.7 Å². The zero-order valence-corrected chi connectivity index (χ0v) is 16.6. The molecule has 1 aliphatic heterocycles. The Morgan fingerprint density at radius 2 is 1.87 bits per heavy atom. The molecule has 0 unspecified atom stereocenters. The van der Waals surface area contributed by atoms with Crippen LogP contribution in [0.5, 0.6) is 17.2 Å². The SMILES string of the molecule is C=C1CN(C(=O)c2cc3cc(OC)c(OC)c(OC)c3[nH]2)c2cc([N+](=O)[O-])ccc21. The number of carbonyl (C=O) groups is 1. The van der Waals surface area contributed by atoms with Crippen LogP contribution in [0, 0.1) is 10.1 Å². The predicted molar refractivity (Wildman–Crippen MR) is 112 cm³/mol. The van der Waals surface area contributed by atoms with Crippen LogP contribution < -0.4 is 19.1 Å². The number of nitro groups is 1. The number of nitrogens with one attached hydrogen (secondary N) is 1. The highest BCUT2D eigenvalue weighted by Gasteiger charge is 2.31. The molecular formula is C21H19N3O6. The van der Waals surface area contributed by atoms with Gasteiger partial charge in [0.15, 0.2) is 11.5 Å². The molecule has 30 heavy (non-hydrogen) atoms. The highest BCUT2D eigenvalue weighted by Crippen LogP contribution is 2.44. The molecule has 1 amide bonds. The van der Waals surface area contributed by atoms with E-state index in [-0.39, 0.29) is 18.1 Å². The Bertz CT molecular complexity index is 1210. The van der Waals surface area contributed by atoms with Gasteiger partial charge in [0.1, 0.15) is 5.69 Å². The van der Waals surface area contributed by atoms with Crippen molar-refractivity contribution in [2.75, 3.05) is 32.8 Å². The minimum atomic E-state index is -0.490. The van der Waals surface area contributed by atoms with Crippen LogP contribution in [0.25, 0.3) is 16.5 Å². The molecule has 0 bridgehead atoms. The number of nitro benzene ring substituents is 1. The summed E-state index contributed by atoms with van der Waals surface area (Å²) in [4.78, 5) is 28.5. The molecule has 154 valence electrons. The van der Waals surface area contributed by atoms with Crippen molar-refractivity contribution in [1.29, 1.82) is 0 Å². The molecule has 9 heteroatoms. The number of fused-ring (bicyclic) bond motifs is 2. The van der Waals surface area contributed by atoms with E-state index < -0.39 is 4.92 Å². The summed E-state index contributed by atoms with van der Waals surface area (Å²) in [5.74, 6) is 0.943. The first kappa shape index (κ1) is 19.3. The first-order valence-electron chi connectivity index (χ1n) is 8.99. The molecule has 2 heterocycles. The minimum Gasteiger partial charge on any atom is -0.493 e. The van der Waals surface area contributed by atoms with Gasteiger partial charge in [0.25, 0.3) is 11.6 Å². The van der Waals surface area contributed by atoms with E-state index >= 15 is 0 Å². The van der Waals surface area contributed by atoms with Gasteiger partial charge in [-0.2, -0.15) is 0 Å². The predicted octanol–water partition coefficient (Wildman–Crippen LogP) is 3.78. The molecule has 4 rings (SSSR count). The lowest BCUT2D eigenvalue weighted by atomic mass is 10.1. The summed E-state index contributed by atoms with van der Waals surface area (Å²) in [6.45, 7) is 4.23. The number of benzene rings is 2. The molecule has 9 nitrogen and oxygen atoms in total. The normalized spacial score (nSPS) is 12.8. The second kappa shape index (κ2) is 7.11. The smallest absolute Gasteiger partial charge is 0.275 e. The molecule has 0 spiro atoms. The van der Waals surface area contributed by atoms with Crippen LogP contribution in [-0.2, 0) is 0 Å². The highest BCUT2D eigenvalue weighted by molar-refractivity contribution is 6.12. The molecule has 0 fully saturated rings. The van der Waals surface area contributed by atoms with Gasteiger partial charge in [-0.25, -0.2) is 0 Å². The summed E-state index contributed by atoms with van der Waals surface area (Å²) in [6, 6.07) is 7.84. The molecule has 3 aromatic rings. The van der Waals surface area contributed by atoms with E-state index in [4.69, 9.17) is 14.2 Å². The maximum atomic E-state index is 13.3. The quantitative estimate of drug-likeness (QED) is 0.508. The number of carbonyl (C=O) groups excluding carboxylic acids is 1. The fourth-order valence-corrected chi connectivity index (χ4v) is 3.70. The van der Waals surface area contributed by atoms with Gasteiger partial charge < -0.3 is 24.1 Å². The van der Waals surface area contributed by atoms with E-state index in [1.165, 1.54) is 38.4 Å². The van der Waals surface area contributed by atoms with Crippen molar-refractivity contribution in [3.8, 4) is 17.2 Å². The lowest BCUT2D eigenvalue weighted by Gasteiger charge is -2.16. The third-order valence-electron chi connectivity index (χ3n) is 5.11. The van der Waals surface area contributed by atoms with Gasteiger partial charge in [0, 0.05) is 23.1 Å². The third kappa shape index (κ3) is 2.83. The molecule has 1 aliphatic rings. The summed E-state index contributed by atoms with van der Waals surface area (Å²) < 4.78 is 16.2. The van der Waals surface area contributed by atoms with Crippen molar-refractivity contribution in [3.05, 3.63) is 58.3 Å². The number of ether oxygens (including phenoxy) is 3. The van der Waals surface area contributed by atoms with E-state index in [0.717, 1.165) is 0 Å². The van der Waals surface area contributed by atoms with Gasteiger partial charge in [-0.05, 0) is 23.8 Å². The summed E-state index contributed by atoms with van der Waals surface area (Å²) in [7, 11) is 4.52. The molecule has 0 aliphatic carbocycles. The number of aromatic amines is 1. The van der Waals surface area contributed by atoms with Gasteiger partial charge in [0.2, 0.25) is 5.75 Å². The van der Waals surface area contributed by atoms with Crippen LogP contribution >= 0.6 is 0 Å². The van der Waals surface area contributed by atoms with Crippen LogP contribution in [0.3, 0.4) is 0 Å². The van der Waals surface area contributed by atoms with E-state index in [9.17, 15) is 14.9 Å². The third-order valence-corrected chi connectivity index (χ3v) is 5.11. The van der Waals surface area contributed by atoms with Gasteiger partial charge in [0.05, 0.1) is 44.0 Å². The van der Waals surface area contributed by atoms with Gasteiger partial charge >= 0.3 is 0 Å². The van der Waals surface area contributed by atoms with Gasteiger partial charge in [-0.3, -0.25) is 14.9 Å². The van der Waals surface area contributed by atoms with Crippen molar-refractivity contribution >= 4 is 33.8 Å². The Morgan fingerprint density at radius 3 is 2.50 bits per heavy atom. The van der Waals surface area contributed by atoms with Crippen molar-refractivity contribution in [3.63, 3.8) is 0 Å². The molecule has 0 radical (unpaired) electrons. The molecule has 2 aromatic carbocycles. The van der Waals surface area contributed by atoms with Crippen molar-refractivity contribution < 1.29 is 23.9 Å². The Morgan fingerprint density at radius 1 is 1.13 bits per heavy atom. The van der Waals surface area contributed by atoms with Gasteiger partial charge in [-0.1, -0.05) is 6.58 Å². The Hall–Kier alpha value is -4.01. The minimum absolute atomic E-state index is 0.0889. The first-order valence-corrected chi connectivity index (χ1v) is 8.99. The summed E-state index contributed by atoms with van der Waals surface area (Å²) in [5, 5.41) is 11.9. The van der Waals surface area contributed by atoms with Crippen LogP contribution in [0.2, 0.25) is 0 Å².